The molecule has 2 heteroatoms. The van der Waals surface area contributed by atoms with E-state index in [-0.39, 0.29) is 5.78 Å². The number of rotatable bonds is 2. The number of aryl methyl sites for hydroxylation is 2. The number of ketones is 1. The zero-order valence-electron chi connectivity index (χ0n) is 9.00. The van der Waals surface area contributed by atoms with Crippen molar-refractivity contribution in [2.24, 2.45) is 5.41 Å². The van der Waals surface area contributed by atoms with Crippen LogP contribution >= 0.6 is 0 Å². The Balaban J connectivity index is 2.43. The minimum Gasteiger partial charge on any atom is -0.292 e. The second-order valence-corrected chi connectivity index (χ2v) is 4.34. The van der Waals surface area contributed by atoms with Gasteiger partial charge in [0, 0.05) is 5.56 Å². The summed E-state index contributed by atoms with van der Waals surface area (Å²) in [6.07, 6.45) is 1.44. The van der Waals surface area contributed by atoms with E-state index in [1.54, 1.807) is 0 Å². The molecule has 0 aromatic heterocycles. The number of nitriles is 1. The van der Waals surface area contributed by atoms with Gasteiger partial charge >= 0.3 is 0 Å². The molecule has 0 heterocycles. The smallest absolute Gasteiger partial charge is 0.183 e. The Morgan fingerprint density at radius 2 is 2.07 bits per heavy atom. The van der Waals surface area contributed by atoms with Crippen LogP contribution in [0.1, 0.15) is 34.3 Å². The largest absolute Gasteiger partial charge is 0.292 e. The fourth-order valence-electron chi connectivity index (χ4n) is 1.75. The second kappa shape index (κ2) is 3.20. The Kier molecular flexibility index (Phi) is 2.12. The van der Waals surface area contributed by atoms with E-state index < -0.39 is 5.41 Å². The molecule has 1 aliphatic rings. The average Bonchev–Trinajstić information content (AvgIpc) is 3.01. The number of hydrogen-bond acceptors (Lipinski definition) is 2. The van der Waals surface area contributed by atoms with Crippen LogP contribution in [0.5, 0.6) is 0 Å². The van der Waals surface area contributed by atoms with Gasteiger partial charge < -0.3 is 0 Å². The highest BCUT2D eigenvalue weighted by Crippen LogP contribution is 2.47. The van der Waals surface area contributed by atoms with E-state index in [0.29, 0.717) is 5.56 Å². The van der Waals surface area contributed by atoms with Crippen molar-refractivity contribution in [3.05, 3.63) is 34.9 Å². The molecule has 2 nitrogen and oxygen atoms in total. The summed E-state index contributed by atoms with van der Waals surface area (Å²) in [4.78, 5) is 12.1. The highest BCUT2D eigenvalue weighted by atomic mass is 16.1. The summed E-state index contributed by atoms with van der Waals surface area (Å²) in [6, 6.07) is 7.96. The zero-order chi connectivity index (χ0) is 11.1. The lowest BCUT2D eigenvalue weighted by Gasteiger charge is -2.08. The van der Waals surface area contributed by atoms with Gasteiger partial charge in [0.1, 0.15) is 5.41 Å². The lowest BCUT2D eigenvalue weighted by atomic mass is 9.92. The van der Waals surface area contributed by atoms with Crippen LogP contribution < -0.4 is 0 Å². The highest BCUT2D eigenvalue weighted by molar-refractivity contribution is 6.05. The van der Waals surface area contributed by atoms with E-state index in [2.05, 4.69) is 6.07 Å². The van der Waals surface area contributed by atoms with Crippen LogP contribution in [-0.4, -0.2) is 5.78 Å². The maximum Gasteiger partial charge on any atom is 0.183 e. The standard InChI is InChI=1S/C13H13NO/c1-9-3-4-10(2)11(7-9)12(15)13(8-14)5-6-13/h3-4,7H,5-6H2,1-2H3. The summed E-state index contributed by atoms with van der Waals surface area (Å²) >= 11 is 0. The maximum atomic E-state index is 12.1. The molecule has 0 N–H and O–H groups in total. The van der Waals surface area contributed by atoms with Gasteiger partial charge in [-0.3, -0.25) is 4.79 Å². The van der Waals surface area contributed by atoms with Crippen molar-refractivity contribution in [3.8, 4) is 6.07 Å². The molecule has 0 bridgehead atoms. The topological polar surface area (TPSA) is 40.9 Å². The van der Waals surface area contributed by atoms with Gasteiger partial charge in [0.15, 0.2) is 5.78 Å². The second-order valence-electron chi connectivity index (χ2n) is 4.34. The SMILES string of the molecule is Cc1ccc(C)c(C(=O)C2(C#N)CC2)c1. The van der Waals surface area contributed by atoms with Gasteiger partial charge in [-0.25, -0.2) is 0 Å². The highest BCUT2D eigenvalue weighted by Gasteiger charge is 2.50. The predicted molar refractivity (Wildman–Crippen MR) is 57.5 cm³/mol. The van der Waals surface area contributed by atoms with Gasteiger partial charge in [-0.15, -0.1) is 0 Å². The van der Waals surface area contributed by atoms with Gasteiger partial charge in [-0.2, -0.15) is 5.26 Å². The molecule has 1 aromatic carbocycles. The monoisotopic (exact) mass is 199 g/mol. The predicted octanol–water partition coefficient (Wildman–Crippen LogP) is 2.79. The lowest BCUT2D eigenvalue weighted by molar-refractivity contribution is 0.0934. The van der Waals surface area contributed by atoms with Gasteiger partial charge in [0.2, 0.25) is 0 Å². The quantitative estimate of drug-likeness (QED) is 0.687. The van der Waals surface area contributed by atoms with Gasteiger partial charge in [0.05, 0.1) is 6.07 Å². The minimum absolute atomic E-state index is 0.00574. The first-order valence-corrected chi connectivity index (χ1v) is 5.12. The van der Waals surface area contributed by atoms with E-state index in [0.717, 1.165) is 24.0 Å². The number of benzene rings is 1. The fraction of sp³-hybridized carbons (Fsp3) is 0.385. The maximum absolute atomic E-state index is 12.1. The van der Waals surface area contributed by atoms with Crippen LogP contribution in [0.2, 0.25) is 0 Å². The normalized spacial score (nSPS) is 16.9. The molecule has 2 rings (SSSR count). The number of carbonyl (C=O) groups is 1. The summed E-state index contributed by atoms with van der Waals surface area (Å²) in [6.45, 7) is 3.88. The van der Waals surface area contributed by atoms with E-state index in [9.17, 15) is 4.79 Å². The molecule has 76 valence electrons. The molecule has 0 atom stereocenters. The molecular formula is C13H13NO. The van der Waals surface area contributed by atoms with E-state index in [4.69, 9.17) is 5.26 Å². The van der Waals surface area contributed by atoms with E-state index in [1.165, 1.54) is 0 Å². The van der Waals surface area contributed by atoms with Crippen LogP contribution in [-0.2, 0) is 0 Å². The third kappa shape index (κ3) is 1.55. The Morgan fingerprint density at radius 3 is 2.60 bits per heavy atom. The summed E-state index contributed by atoms with van der Waals surface area (Å²) in [5.41, 5.74) is 2.05. The fourth-order valence-corrected chi connectivity index (χ4v) is 1.75. The third-order valence-electron chi connectivity index (χ3n) is 3.04. The molecule has 0 unspecified atom stereocenters. The number of nitrogens with zero attached hydrogens (tertiary/aromatic N) is 1. The molecule has 15 heavy (non-hydrogen) atoms. The summed E-state index contributed by atoms with van der Waals surface area (Å²) in [5.74, 6) is 0.00574. The molecule has 0 amide bonds. The van der Waals surface area contributed by atoms with Crippen molar-refractivity contribution in [1.29, 1.82) is 5.26 Å². The number of Topliss-reactive ketones (excluding diaryl/α,β-unsaturated/α-hetero) is 1. The van der Waals surface area contributed by atoms with Crippen LogP contribution in [0.25, 0.3) is 0 Å². The molecule has 0 aliphatic heterocycles. The summed E-state index contributed by atoms with van der Waals surface area (Å²) in [5, 5.41) is 8.98. The summed E-state index contributed by atoms with van der Waals surface area (Å²) < 4.78 is 0. The molecule has 1 saturated carbocycles. The first kappa shape index (κ1) is 9.92. The van der Waals surface area contributed by atoms with Gasteiger partial charge in [-0.05, 0) is 38.3 Å². The van der Waals surface area contributed by atoms with Crippen molar-refractivity contribution in [3.63, 3.8) is 0 Å². The first-order chi connectivity index (χ1) is 7.09. The Hall–Kier alpha value is -1.62. The van der Waals surface area contributed by atoms with Crippen LogP contribution in [0.15, 0.2) is 18.2 Å². The molecule has 0 saturated heterocycles. The summed E-state index contributed by atoms with van der Waals surface area (Å²) in [7, 11) is 0. The van der Waals surface area contributed by atoms with Crippen LogP contribution in [0, 0.1) is 30.6 Å². The Morgan fingerprint density at radius 1 is 1.40 bits per heavy atom. The Bertz CT molecular complexity index is 464. The number of hydrogen-bond donors (Lipinski definition) is 0. The van der Waals surface area contributed by atoms with E-state index in [1.807, 2.05) is 32.0 Å². The van der Waals surface area contributed by atoms with Crippen molar-refractivity contribution in [1.82, 2.24) is 0 Å². The zero-order valence-corrected chi connectivity index (χ0v) is 9.00. The van der Waals surface area contributed by atoms with Gasteiger partial charge in [-0.1, -0.05) is 17.7 Å². The van der Waals surface area contributed by atoms with Crippen LogP contribution in [0.4, 0.5) is 0 Å². The first-order valence-electron chi connectivity index (χ1n) is 5.12. The van der Waals surface area contributed by atoms with Crippen molar-refractivity contribution >= 4 is 5.78 Å². The third-order valence-corrected chi connectivity index (χ3v) is 3.04. The molecule has 0 radical (unpaired) electrons. The van der Waals surface area contributed by atoms with Crippen molar-refractivity contribution < 1.29 is 4.79 Å². The average molecular weight is 199 g/mol. The molecule has 0 spiro atoms. The molecule has 1 fully saturated rings. The Labute approximate surface area is 89.5 Å². The van der Waals surface area contributed by atoms with Crippen molar-refractivity contribution in [2.45, 2.75) is 26.7 Å². The minimum atomic E-state index is -0.696. The van der Waals surface area contributed by atoms with E-state index >= 15 is 0 Å². The number of carbonyl (C=O) groups excluding carboxylic acids is 1. The molecule has 1 aliphatic carbocycles. The molecule has 1 aromatic rings. The van der Waals surface area contributed by atoms with Crippen LogP contribution in [0.3, 0.4) is 0 Å². The van der Waals surface area contributed by atoms with Gasteiger partial charge in [0.25, 0.3) is 0 Å². The molecular weight excluding hydrogens is 186 g/mol. The van der Waals surface area contributed by atoms with Crippen molar-refractivity contribution in [2.75, 3.05) is 0 Å². The lowest BCUT2D eigenvalue weighted by Crippen LogP contribution is -2.15.